The van der Waals surface area contributed by atoms with Gasteiger partial charge in [0.1, 0.15) is 24.0 Å². The Hall–Kier alpha value is -2.43. The lowest BCUT2D eigenvalue weighted by molar-refractivity contribution is -0.138. The summed E-state index contributed by atoms with van der Waals surface area (Å²) in [4.78, 5) is 14.8. The molecule has 1 aliphatic heterocycles. The number of hydrogen-bond donors (Lipinski definition) is 0. The number of amides is 1. The zero-order valence-corrected chi connectivity index (χ0v) is 13.8. The maximum absolute atomic E-state index is 14.0. The van der Waals surface area contributed by atoms with Crippen LogP contribution in [0.3, 0.4) is 0 Å². The zero-order valence-electron chi connectivity index (χ0n) is 13.8. The second-order valence-electron chi connectivity index (χ2n) is 6.75. The molecule has 2 aromatic rings. The van der Waals surface area contributed by atoms with Gasteiger partial charge >= 0.3 is 0 Å². The predicted molar refractivity (Wildman–Crippen MR) is 89.1 cm³/mol. The van der Waals surface area contributed by atoms with Crippen molar-refractivity contribution in [1.29, 1.82) is 0 Å². The molecule has 0 spiro atoms. The quantitative estimate of drug-likeness (QED) is 0.847. The molecular formula is C20H19F2NO2. The molecule has 0 N–H and O–H groups in total. The molecule has 25 heavy (non-hydrogen) atoms. The molecule has 0 saturated heterocycles. The van der Waals surface area contributed by atoms with Crippen molar-refractivity contribution in [1.82, 2.24) is 4.90 Å². The molecule has 1 heterocycles. The Morgan fingerprint density at radius 2 is 1.96 bits per heavy atom. The Balaban J connectivity index is 1.52. The summed E-state index contributed by atoms with van der Waals surface area (Å²) in [6.07, 6.45) is 2.49. The molecule has 0 aromatic heterocycles. The molecule has 1 fully saturated rings. The number of rotatable bonds is 4. The topological polar surface area (TPSA) is 29.5 Å². The van der Waals surface area contributed by atoms with Gasteiger partial charge in [0, 0.05) is 24.2 Å². The Morgan fingerprint density at radius 3 is 2.72 bits per heavy atom. The molecule has 1 aliphatic carbocycles. The van der Waals surface area contributed by atoms with Gasteiger partial charge in [0.25, 0.3) is 0 Å². The third-order valence-corrected chi connectivity index (χ3v) is 4.85. The second-order valence-corrected chi connectivity index (χ2v) is 6.75. The van der Waals surface area contributed by atoms with Crippen LogP contribution in [0.25, 0.3) is 0 Å². The van der Waals surface area contributed by atoms with E-state index in [-0.39, 0.29) is 24.4 Å². The molecule has 3 nitrogen and oxygen atoms in total. The molecule has 1 amide bonds. The number of benzene rings is 2. The third kappa shape index (κ3) is 3.36. The number of hydrogen-bond acceptors (Lipinski definition) is 2. The molecule has 0 bridgehead atoms. The van der Waals surface area contributed by atoms with Crippen LogP contribution in [0.5, 0.6) is 5.75 Å². The number of carbonyl (C=O) groups is 1. The molecule has 1 atom stereocenters. The van der Waals surface area contributed by atoms with Crippen LogP contribution in [-0.4, -0.2) is 23.5 Å². The summed E-state index contributed by atoms with van der Waals surface area (Å²) in [5.74, 6) is -0.666. The highest BCUT2D eigenvalue weighted by molar-refractivity contribution is 5.80. The number of carbonyl (C=O) groups excluding carboxylic acids is 1. The fraction of sp³-hybridized carbons (Fsp3) is 0.350. The van der Waals surface area contributed by atoms with Gasteiger partial charge < -0.3 is 9.64 Å². The minimum Gasteiger partial charge on any atom is -0.492 e. The number of halogens is 2. The van der Waals surface area contributed by atoms with Crippen LogP contribution < -0.4 is 4.74 Å². The zero-order chi connectivity index (χ0) is 17.4. The van der Waals surface area contributed by atoms with Gasteiger partial charge in [-0.3, -0.25) is 4.79 Å². The van der Waals surface area contributed by atoms with Gasteiger partial charge in [-0.05, 0) is 37.0 Å². The first-order valence-corrected chi connectivity index (χ1v) is 8.57. The lowest BCUT2D eigenvalue weighted by Gasteiger charge is -2.30. The lowest BCUT2D eigenvalue weighted by atomic mass is 9.95. The highest BCUT2D eigenvalue weighted by Gasteiger charge is 2.37. The molecule has 0 radical (unpaired) electrons. The summed E-state index contributed by atoms with van der Waals surface area (Å²) in [7, 11) is 0. The minimum atomic E-state index is -0.608. The largest absolute Gasteiger partial charge is 0.492 e. The van der Waals surface area contributed by atoms with E-state index in [0.717, 1.165) is 30.2 Å². The van der Waals surface area contributed by atoms with E-state index >= 15 is 0 Å². The van der Waals surface area contributed by atoms with E-state index in [4.69, 9.17) is 4.74 Å². The van der Waals surface area contributed by atoms with Gasteiger partial charge in [-0.1, -0.05) is 24.3 Å². The standard InChI is InChI=1S/C20H19F2NO2/c21-16-6-5-14(18(22)10-16)11-23(17-7-8-17)20(24)15-9-13-3-1-2-4-19(13)25-12-15/h1-6,10,15,17H,7-9,11-12H2. The SMILES string of the molecule is O=C(C1COc2ccccc2C1)N(Cc1ccc(F)cc1F)C1CC1. The van der Waals surface area contributed by atoms with Gasteiger partial charge in [-0.15, -0.1) is 0 Å². The Kier molecular flexibility index (Phi) is 4.15. The molecular weight excluding hydrogens is 324 g/mol. The normalized spacial score (nSPS) is 19.0. The predicted octanol–water partition coefficient (Wildman–Crippen LogP) is 3.71. The second kappa shape index (κ2) is 6.47. The molecule has 1 unspecified atom stereocenters. The number of ether oxygens (including phenoxy) is 1. The third-order valence-electron chi connectivity index (χ3n) is 4.85. The molecule has 4 rings (SSSR count). The van der Waals surface area contributed by atoms with Crippen molar-refractivity contribution in [2.45, 2.75) is 31.8 Å². The Morgan fingerprint density at radius 1 is 1.16 bits per heavy atom. The van der Waals surface area contributed by atoms with E-state index in [1.165, 1.54) is 12.1 Å². The lowest BCUT2D eigenvalue weighted by Crippen LogP contribution is -2.41. The summed E-state index contributed by atoms with van der Waals surface area (Å²) in [6.45, 7) is 0.513. The summed E-state index contributed by atoms with van der Waals surface area (Å²) in [5, 5.41) is 0. The maximum Gasteiger partial charge on any atom is 0.230 e. The van der Waals surface area contributed by atoms with Crippen molar-refractivity contribution in [2.75, 3.05) is 6.61 Å². The highest BCUT2D eigenvalue weighted by atomic mass is 19.1. The van der Waals surface area contributed by atoms with Crippen molar-refractivity contribution in [3.63, 3.8) is 0 Å². The molecule has 2 aliphatic rings. The smallest absolute Gasteiger partial charge is 0.230 e. The van der Waals surface area contributed by atoms with E-state index in [1.807, 2.05) is 24.3 Å². The molecule has 2 aromatic carbocycles. The van der Waals surface area contributed by atoms with Crippen LogP contribution in [0.2, 0.25) is 0 Å². The first-order chi connectivity index (χ1) is 12.1. The van der Waals surface area contributed by atoms with Gasteiger partial charge in [0.2, 0.25) is 5.91 Å². The van der Waals surface area contributed by atoms with Crippen molar-refractivity contribution in [3.8, 4) is 5.75 Å². The fourth-order valence-electron chi connectivity index (χ4n) is 3.33. The molecule has 1 saturated carbocycles. The summed E-state index contributed by atoms with van der Waals surface area (Å²) < 4.78 is 32.8. The van der Waals surface area contributed by atoms with Crippen molar-refractivity contribution in [2.24, 2.45) is 5.92 Å². The van der Waals surface area contributed by atoms with Gasteiger partial charge in [0.05, 0.1) is 5.92 Å². The first-order valence-electron chi connectivity index (χ1n) is 8.57. The number of nitrogens with zero attached hydrogens (tertiary/aromatic N) is 1. The monoisotopic (exact) mass is 343 g/mol. The maximum atomic E-state index is 14.0. The molecule has 130 valence electrons. The Bertz CT molecular complexity index is 804. The number of fused-ring (bicyclic) bond motifs is 1. The first kappa shape index (κ1) is 16.1. The van der Waals surface area contributed by atoms with E-state index in [9.17, 15) is 13.6 Å². The van der Waals surface area contributed by atoms with Crippen molar-refractivity contribution >= 4 is 5.91 Å². The van der Waals surface area contributed by atoms with Crippen LogP contribution in [0.15, 0.2) is 42.5 Å². The number of para-hydroxylation sites is 1. The van der Waals surface area contributed by atoms with E-state index in [2.05, 4.69) is 0 Å². The summed E-state index contributed by atoms with van der Waals surface area (Å²) >= 11 is 0. The van der Waals surface area contributed by atoms with E-state index in [0.29, 0.717) is 18.6 Å². The van der Waals surface area contributed by atoms with Crippen LogP contribution in [0, 0.1) is 17.6 Å². The summed E-state index contributed by atoms with van der Waals surface area (Å²) in [5.41, 5.74) is 1.37. The van der Waals surface area contributed by atoms with Crippen LogP contribution in [0.4, 0.5) is 8.78 Å². The van der Waals surface area contributed by atoms with Crippen molar-refractivity contribution in [3.05, 3.63) is 65.2 Å². The van der Waals surface area contributed by atoms with Crippen LogP contribution in [-0.2, 0) is 17.8 Å². The van der Waals surface area contributed by atoms with Crippen LogP contribution in [0.1, 0.15) is 24.0 Å². The van der Waals surface area contributed by atoms with Crippen molar-refractivity contribution < 1.29 is 18.3 Å². The van der Waals surface area contributed by atoms with Gasteiger partial charge in [-0.2, -0.15) is 0 Å². The average Bonchev–Trinajstić information content (AvgIpc) is 3.45. The average molecular weight is 343 g/mol. The van der Waals surface area contributed by atoms with Crippen LogP contribution >= 0.6 is 0 Å². The van der Waals surface area contributed by atoms with Gasteiger partial charge in [0.15, 0.2) is 0 Å². The molecule has 5 heteroatoms. The summed E-state index contributed by atoms with van der Waals surface area (Å²) in [6, 6.07) is 11.4. The fourth-order valence-corrected chi connectivity index (χ4v) is 3.33. The minimum absolute atomic E-state index is 0.0132. The van der Waals surface area contributed by atoms with Gasteiger partial charge in [-0.25, -0.2) is 8.78 Å². The van der Waals surface area contributed by atoms with E-state index in [1.54, 1.807) is 4.90 Å². The van der Waals surface area contributed by atoms with E-state index < -0.39 is 11.6 Å². The Labute approximate surface area is 145 Å². The highest BCUT2D eigenvalue weighted by Crippen LogP contribution is 2.33.